The quantitative estimate of drug-likeness (QED) is 0.595. The highest BCUT2D eigenvalue weighted by Gasteiger charge is 2.34. The van der Waals surface area contributed by atoms with Gasteiger partial charge in [-0.15, -0.1) is 0 Å². The fourth-order valence-corrected chi connectivity index (χ4v) is 2.70. The van der Waals surface area contributed by atoms with Gasteiger partial charge in [0.05, 0.1) is 11.4 Å². The molecule has 0 aliphatic heterocycles. The Balaban J connectivity index is 1.68. The first kappa shape index (κ1) is 17.0. The number of benzene rings is 1. The SMILES string of the molecule is Cc1ccn(-c2ccccc2CNc2cc(C(F)(F)F)nc3ncnn23)n1. The molecule has 0 radical (unpaired) electrons. The number of anilines is 1. The van der Waals surface area contributed by atoms with Crippen LogP contribution in [0, 0.1) is 6.92 Å². The van der Waals surface area contributed by atoms with Crippen LogP contribution in [0.4, 0.5) is 19.0 Å². The molecule has 0 aliphatic carbocycles. The predicted molar refractivity (Wildman–Crippen MR) is 91.4 cm³/mol. The number of halogens is 3. The first-order valence-corrected chi connectivity index (χ1v) is 8.04. The zero-order valence-electron chi connectivity index (χ0n) is 14.1. The summed E-state index contributed by atoms with van der Waals surface area (Å²) in [6.07, 6.45) is -1.58. The lowest BCUT2D eigenvalue weighted by molar-refractivity contribution is -0.141. The summed E-state index contributed by atoms with van der Waals surface area (Å²) in [6, 6.07) is 10.3. The summed E-state index contributed by atoms with van der Waals surface area (Å²) in [5.74, 6) is 0.0274. The number of hydrogen-bond donors (Lipinski definition) is 1. The molecule has 4 rings (SSSR count). The van der Waals surface area contributed by atoms with Crippen LogP contribution in [0.2, 0.25) is 0 Å². The summed E-state index contributed by atoms with van der Waals surface area (Å²) in [5.41, 5.74) is 1.53. The van der Waals surface area contributed by atoms with E-state index in [-0.39, 0.29) is 18.1 Å². The van der Waals surface area contributed by atoms with E-state index in [4.69, 9.17) is 0 Å². The van der Waals surface area contributed by atoms with E-state index in [1.165, 1.54) is 4.52 Å². The Bertz CT molecular complexity index is 1100. The normalized spacial score (nSPS) is 11.9. The van der Waals surface area contributed by atoms with Crippen molar-refractivity contribution in [2.45, 2.75) is 19.6 Å². The van der Waals surface area contributed by atoms with E-state index in [0.717, 1.165) is 29.3 Å². The summed E-state index contributed by atoms with van der Waals surface area (Å²) in [7, 11) is 0. The van der Waals surface area contributed by atoms with E-state index >= 15 is 0 Å². The molecule has 0 saturated heterocycles. The van der Waals surface area contributed by atoms with Crippen molar-refractivity contribution >= 4 is 11.6 Å². The number of nitrogens with one attached hydrogen (secondary N) is 1. The molecule has 138 valence electrons. The van der Waals surface area contributed by atoms with Crippen LogP contribution in [-0.4, -0.2) is 29.4 Å². The van der Waals surface area contributed by atoms with Crippen LogP contribution in [-0.2, 0) is 12.7 Å². The Morgan fingerprint density at radius 3 is 2.70 bits per heavy atom. The second-order valence-electron chi connectivity index (χ2n) is 5.88. The lowest BCUT2D eigenvalue weighted by Gasteiger charge is -2.13. The van der Waals surface area contributed by atoms with Crippen molar-refractivity contribution in [3.63, 3.8) is 0 Å². The number of aryl methyl sites for hydroxylation is 1. The lowest BCUT2D eigenvalue weighted by atomic mass is 10.2. The molecule has 0 bridgehead atoms. The number of alkyl halides is 3. The molecule has 27 heavy (non-hydrogen) atoms. The first-order chi connectivity index (χ1) is 12.9. The Morgan fingerprint density at radius 1 is 1.15 bits per heavy atom. The highest BCUT2D eigenvalue weighted by atomic mass is 19.4. The minimum atomic E-state index is -4.57. The maximum Gasteiger partial charge on any atom is 0.433 e. The average molecular weight is 373 g/mol. The number of nitrogens with zero attached hydrogens (tertiary/aromatic N) is 6. The monoisotopic (exact) mass is 373 g/mol. The van der Waals surface area contributed by atoms with Gasteiger partial charge in [-0.1, -0.05) is 18.2 Å². The molecule has 0 aliphatic rings. The van der Waals surface area contributed by atoms with Crippen molar-refractivity contribution in [3.05, 3.63) is 65.9 Å². The van der Waals surface area contributed by atoms with Crippen LogP contribution < -0.4 is 5.32 Å². The van der Waals surface area contributed by atoms with Crippen LogP contribution in [0.25, 0.3) is 11.5 Å². The summed E-state index contributed by atoms with van der Waals surface area (Å²) in [6.45, 7) is 2.15. The van der Waals surface area contributed by atoms with Crippen LogP contribution in [0.3, 0.4) is 0 Å². The lowest BCUT2D eigenvalue weighted by Crippen LogP contribution is -2.14. The van der Waals surface area contributed by atoms with Crippen LogP contribution in [0.1, 0.15) is 17.0 Å². The zero-order valence-corrected chi connectivity index (χ0v) is 14.1. The standard InChI is InChI=1S/C17H14F3N7/c1-11-6-7-26(25-11)13-5-3-2-4-12(13)9-21-15-8-14(17(18,19)20)24-16-22-10-23-27(15)16/h2-8,10,21H,9H2,1H3. The third-order valence-corrected chi connectivity index (χ3v) is 3.96. The molecule has 0 unspecified atom stereocenters. The van der Waals surface area contributed by atoms with Crippen LogP contribution in [0.5, 0.6) is 0 Å². The van der Waals surface area contributed by atoms with E-state index in [0.29, 0.717) is 0 Å². The molecule has 10 heteroatoms. The second kappa shape index (κ2) is 6.38. The molecule has 4 aromatic rings. The summed E-state index contributed by atoms with van der Waals surface area (Å²) >= 11 is 0. The minimum absolute atomic E-state index is 0.122. The molecule has 1 N–H and O–H groups in total. The third-order valence-electron chi connectivity index (χ3n) is 3.96. The van der Waals surface area contributed by atoms with Gasteiger partial charge in [0.2, 0.25) is 0 Å². The van der Waals surface area contributed by atoms with E-state index in [1.54, 1.807) is 4.68 Å². The summed E-state index contributed by atoms with van der Waals surface area (Å²) in [4.78, 5) is 7.26. The van der Waals surface area contributed by atoms with Crippen molar-refractivity contribution in [1.29, 1.82) is 0 Å². The second-order valence-corrected chi connectivity index (χ2v) is 5.88. The molecule has 1 aromatic carbocycles. The highest BCUT2D eigenvalue weighted by molar-refractivity contribution is 5.48. The number of aromatic nitrogens is 6. The number of hydrogen-bond acceptors (Lipinski definition) is 5. The molecule has 0 fully saturated rings. The Kier molecular flexibility index (Phi) is 4.02. The van der Waals surface area contributed by atoms with Crippen molar-refractivity contribution < 1.29 is 13.2 Å². The average Bonchev–Trinajstić information content (AvgIpc) is 3.27. The number of fused-ring (bicyclic) bond motifs is 1. The molecule has 0 spiro atoms. The van der Waals surface area contributed by atoms with Crippen molar-refractivity contribution in [3.8, 4) is 5.69 Å². The number of rotatable bonds is 4. The van der Waals surface area contributed by atoms with Gasteiger partial charge in [0, 0.05) is 18.8 Å². The largest absolute Gasteiger partial charge is 0.433 e. The van der Waals surface area contributed by atoms with Crippen LogP contribution in [0.15, 0.2) is 48.9 Å². The third kappa shape index (κ3) is 3.33. The first-order valence-electron chi connectivity index (χ1n) is 8.04. The Labute approximate surface area is 151 Å². The van der Waals surface area contributed by atoms with Gasteiger partial charge in [0.15, 0.2) is 5.69 Å². The van der Waals surface area contributed by atoms with E-state index in [1.807, 2.05) is 43.5 Å². The highest BCUT2D eigenvalue weighted by Crippen LogP contribution is 2.29. The van der Waals surface area contributed by atoms with E-state index in [2.05, 4.69) is 25.5 Å². The molecule has 0 amide bonds. The van der Waals surface area contributed by atoms with Gasteiger partial charge in [-0.2, -0.15) is 32.9 Å². The molecule has 3 heterocycles. The van der Waals surface area contributed by atoms with Gasteiger partial charge >= 0.3 is 6.18 Å². The topological polar surface area (TPSA) is 72.9 Å². The summed E-state index contributed by atoms with van der Waals surface area (Å²) < 4.78 is 42.2. The van der Waals surface area contributed by atoms with Crippen molar-refractivity contribution in [1.82, 2.24) is 29.4 Å². The van der Waals surface area contributed by atoms with Crippen molar-refractivity contribution in [2.75, 3.05) is 5.32 Å². The molecule has 3 aromatic heterocycles. The predicted octanol–water partition coefficient (Wildman–Crippen LogP) is 3.25. The molecule has 0 saturated carbocycles. The van der Waals surface area contributed by atoms with E-state index in [9.17, 15) is 13.2 Å². The van der Waals surface area contributed by atoms with Gasteiger partial charge in [-0.05, 0) is 24.6 Å². The minimum Gasteiger partial charge on any atom is -0.366 e. The maximum absolute atomic E-state index is 13.1. The van der Waals surface area contributed by atoms with Gasteiger partial charge in [0.1, 0.15) is 12.1 Å². The van der Waals surface area contributed by atoms with Gasteiger partial charge in [-0.25, -0.2) is 9.67 Å². The molecular weight excluding hydrogens is 359 g/mol. The van der Waals surface area contributed by atoms with Crippen LogP contribution >= 0.6 is 0 Å². The Morgan fingerprint density at radius 2 is 1.96 bits per heavy atom. The van der Waals surface area contributed by atoms with Gasteiger partial charge in [0.25, 0.3) is 5.78 Å². The maximum atomic E-state index is 13.1. The fraction of sp³-hybridized carbons (Fsp3) is 0.176. The molecular formula is C17H14F3N7. The molecule has 0 atom stereocenters. The van der Waals surface area contributed by atoms with Crippen molar-refractivity contribution in [2.24, 2.45) is 0 Å². The van der Waals surface area contributed by atoms with Gasteiger partial charge in [-0.3, -0.25) is 0 Å². The fourth-order valence-electron chi connectivity index (χ4n) is 2.70. The summed E-state index contributed by atoms with van der Waals surface area (Å²) in [5, 5.41) is 11.3. The molecule has 7 nitrogen and oxygen atoms in total. The van der Waals surface area contributed by atoms with E-state index < -0.39 is 11.9 Å². The zero-order chi connectivity index (χ0) is 19.0. The smallest absolute Gasteiger partial charge is 0.366 e. The Hall–Kier alpha value is -3.43. The van der Waals surface area contributed by atoms with Gasteiger partial charge < -0.3 is 5.32 Å². The number of para-hydroxylation sites is 1.